The Morgan fingerprint density at radius 1 is 1.69 bits per heavy atom. The van der Waals surface area contributed by atoms with E-state index in [0.717, 1.165) is 4.90 Å². The van der Waals surface area contributed by atoms with E-state index in [2.05, 4.69) is 4.74 Å². The van der Waals surface area contributed by atoms with Gasteiger partial charge < -0.3 is 11.3 Å². The zero-order valence-corrected chi connectivity index (χ0v) is 9.65. The Bertz CT molecular complexity index is 202. The maximum atomic E-state index is 11.0. The average molecular weight is 197 g/mol. The maximum Gasteiger partial charge on any atom is 1.00 e. The quantitative estimate of drug-likeness (QED) is 0.475. The van der Waals surface area contributed by atoms with Crippen molar-refractivity contribution >= 4 is 12.0 Å². The van der Waals surface area contributed by atoms with Crippen molar-refractivity contribution in [2.45, 2.75) is 12.8 Å². The number of hydrogen-bond donors (Lipinski definition) is 1. The minimum Gasteiger partial charge on any atom is -1.00 e. The van der Waals surface area contributed by atoms with Gasteiger partial charge in [0.1, 0.15) is 6.61 Å². The summed E-state index contributed by atoms with van der Waals surface area (Å²) in [5.41, 5.74) is 0. The van der Waals surface area contributed by atoms with E-state index in [-0.39, 0.29) is 50.1 Å². The molecular weight excluding hydrogens is 185 g/mol. The Balaban J connectivity index is 0. The molecule has 5 nitrogen and oxygen atoms in total. The molecule has 0 aromatic rings. The van der Waals surface area contributed by atoms with Crippen molar-refractivity contribution in [3.63, 3.8) is 0 Å². The minimum atomic E-state index is -0.647. The number of hydrogen-bond acceptors (Lipinski definition) is 4. The van der Waals surface area contributed by atoms with Gasteiger partial charge in [0.15, 0.2) is 0 Å². The molecule has 1 rings (SSSR count). The van der Waals surface area contributed by atoms with Gasteiger partial charge in [0, 0.05) is 13.0 Å². The van der Waals surface area contributed by atoms with Crippen molar-refractivity contribution in [1.82, 2.24) is 4.90 Å². The van der Waals surface area contributed by atoms with Crippen LogP contribution in [-0.4, -0.2) is 41.8 Å². The molecule has 6 heteroatoms. The van der Waals surface area contributed by atoms with Crippen LogP contribution in [0.3, 0.4) is 0 Å². The fourth-order valence-corrected chi connectivity index (χ4v) is 1.05. The molecule has 1 aliphatic heterocycles. The molecule has 1 fully saturated rings. The van der Waals surface area contributed by atoms with Crippen LogP contribution in [0.25, 0.3) is 0 Å². The molecule has 0 bridgehead atoms. The van der Waals surface area contributed by atoms with E-state index in [1.807, 2.05) is 0 Å². The molecule has 1 N–H and O–H groups in total. The van der Waals surface area contributed by atoms with E-state index < -0.39 is 6.09 Å². The predicted molar refractivity (Wildman–Crippen MR) is 40.5 cm³/mol. The van der Waals surface area contributed by atoms with Crippen molar-refractivity contribution in [2.24, 2.45) is 0 Å². The van der Waals surface area contributed by atoms with Crippen molar-refractivity contribution in [1.29, 1.82) is 0 Å². The molecule has 1 heterocycles. The Hall–Kier alpha value is -0.100. The van der Waals surface area contributed by atoms with Crippen LogP contribution in [-0.2, 0) is 9.53 Å². The first-order valence-corrected chi connectivity index (χ1v) is 3.83. The fraction of sp³-hybridized carbons (Fsp3) is 0.714. The molecule has 2 amide bonds. The third-order valence-electron chi connectivity index (χ3n) is 1.61. The Morgan fingerprint density at radius 2 is 2.38 bits per heavy atom. The molecule has 70 valence electrons. The summed E-state index contributed by atoms with van der Waals surface area (Å²) < 4.78 is 4.56. The second kappa shape index (κ2) is 6.37. The first kappa shape index (κ1) is 12.9. The summed E-state index contributed by atoms with van der Waals surface area (Å²) in [5, 5.41) is 8.34. The van der Waals surface area contributed by atoms with E-state index in [0.29, 0.717) is 19.4 Å². The number of likely N-dealkylation sites (tertiary alicyclic amines) is 1. The van der Waals surface area contributed by atoms with E-state index in [1.54, 1.807) is 0 Å². The van der Waals surface area contributed by atoms with E-state index >= 15 is 0 Å². The maximum absolute atomic E-state index is 11.0. The van der Waals surface area contributed by atoms with Crippen molar-refractivity contribution in [3.05, 3.63) is 0 Å². The topological polar surface area (TPSA) is 66.8 Å². The normalized spacial score (nSPS) is 15.5. The van der Waals surface area contributed by atoms with Gasteiger partial charge in [-0.1, -0.05) is 0 Å². The van der Waals surface area contributed by atoms with E-state index in [4.69, 9.17) is 5.11 Å². The Kier molecular flexibility index (Phi) is 6.32. The van der Waals surface area contributed by atoms with Crippen molar-refractivity contribution < 1.29 is 50.4 Å². The van der Waals surface area contributed by atoms with Gasteiger partial charge in [0.25, 0.3) is 0 Å². The number of rotatable bonds is 2. The standard InChI is InChI=1S/C7H11NO4.Na.H/c9-4-5-12-7(11)8-3-1-2-6(8)10;;/h9H,1-5H2;;/q;+1;-1. The molecule has 1 saturated heterocycles. The second-order valence-electron chi connectivity index (χ2n) is 2.49. The van der Waals surface area contributed by atoms with E-state index in [9.17, 15) is 9.59 Å². The first-order chi connectivity index (χ1) is 5.75. The van der Waals surface area contributed by atoms with Gasteiger partial charge in [-0.3, -0.25) is 4.79 Å². The number of amides is 2. The summed E-state index contributed by atoms with van der Waals surface area (Å²) in [4.78, 5) is 23.0. The van der Waals surface area contributed by atoms with Crippen LogP contribution in [0.4, 0.5) is 4.79 Å². The molecule has 0 aliphatic carbocycles. The molecule has 0 spiro atoms. The second-order valence-corrected chi connectivity index (χ2v) is 2.49. The molecule has 0 saturated carbocycles. The summed E-state index contributed by atoms with van der Waals surface area (Å²) in [6.07, 6.45) is 0.466. The molecule has 0 atom stereocenters. The zero-order valence-electron chi connectivity index (χ0n) is 8.65. The third kappa shape index (κ3) is 3.64. The van der Waals surface area contributed by atoms with Crippen molar-refractivity contribution in [2.75, 3.05) is 19.8 Å². The number of nitrogens with zero attached hydrogens (tertiary/aromatic N) is 1. The molecule has 0 radical (unpaired) electrons. The SMILES string of the molecule is O=C1CCCN1C(=O)OCCO.[H-].[Na+]. The molecule has 0 aromatic carbocycles. The monoisotopic (exact) mass is 197 g/mol. The Morgan fingerprint density at radius 3 is 2.85 bits per heavy atom. The summed E-state index contributed by atoms with van der Waals surface area (Å²) in [6, 6.07) is 0. The van der Waals surface area contributed by atoms with Crippen LogP contribution in [0.15, 0.2) is 0 Å². The number of carbonyl (C=O) groups excluding carboxylic acids is 2. The van der Waals surface area contributed by atoms with Crippen LogP contribution < -0.4 is 29.6 Å². The van der Waals surface area contributed by atoms with Gasteiger partial charge in [-0.15, -0.1) is 0 Å². The number of aliphatic hydroxyl groups excluding tert-OH is 1. The molecular formula is C7H12NNaO4. The smallest absolute Gasteiger partial charge is 1.00 e. The van der Waals surface area contributed by atoms with Crippen LogP contribution in [0, 0.1) is 0 Å². The third-order valence-corrected chi connectivity index (χ3v) is 1.61. The predicted octanol–water partition coefficient (Wildman–Crippen LogP) is -3.15. The number of imide groups is 1. The summed E-state index contributed by atoms with van der Waals surface area (Å²) in [5.74, 6) is -0.196. The summed E-state index contributed by atoms with van der Waals surface area (Å²) >= 11 is 0. The van der Waals surface area contributed by atoms with Crippen molar-refractivity contribution in [3.8, 4) is 0 Å². The number of aliphatic hydroxyl groups is 1. The summed E-state index contributed by atoms with van der Waals surface area (Å²) in [6.45, 7) is 0.166. The van der Waals surface area contributed by atoms with Gasteiger partial charge in [0.2, 0.25) is 5.91 Å². The van der Waals surface area contributed by atoms with Crippen LogP contribution in [0.1, 0.15) is 14.3 Å². The Labute approximate surface area is 99.8 Å². The largest absolute Gasteiger partial charge is 1.00 e. The van der Waals surface area contributed by atoms with Gasteiger partial charge >= 0.3 is 35.7 Å². The zero-order chi connectivity index (χ0) is 8.97. The minimum absolute atomic E-state index is 0. The summed E-state index contributed by atoms with van der Waals surface area (Å²) in [7, 11) is 0. The van der Waals surface area contributed by atoms with E-state index in [1.165, 1.54) is 0 Å². The van der Waals surface area contributed by atoms with Crippen LogP contribution in [0.5, 0.6) is 0 Å². The van der Waals surface area contributed by atoms with Crippen LogP contribution in [0.2, 0.25) is 0 Å². The number of ether oxygens (including phenoxy) is 1. The number of carbonyl (C=O) groups is 2. The average Bonchev–Trinajstić information content (AvgIpc) is 2.47. The fourth-order valence-electron chi connectivity index (χ4n) is 1.05. The van der Waals surface area contributed by atoms with Gasteiger partial charge in [-0.05, 0) is 6.42 Å². The van der Waals surface area contributed by atoms with Crippen LogP contribution >= 0.6 is 0 Å². The molecule has 1 aliphatic rings. The van der Waals surface area contributed by atoms with Gasteiger partial charge in [-0.25, -0.2) is 9.69 Å². The molecule has 0 unspecified atom stereocenters. The molecule has 13 heavy (non-hydrogen) atoms. The first-order valence-electron chi connectivity index (χ1n) is 3.83. The van der Waals surface area contributed by atoms with Gasteiger partial charge in [-0.2, -0.15) is 0 Å². The van der Waals surface area contributed by atoms with Gasteiger partial charge in [0.05, 0.1) is 6.61 Å². The molecule has 0 aromatic heterocycles.